The molecule has 7 nitrogen and oxygen atoms in total. The fraction of sp³-hybridized carbons (Fsp3) is 0.500. The van der Waals surface area contributed by atoms with Crippen molar-refractivity contribution in [3.8, 4) is 0 Å². The van der Waals surface area contributed by atoms with Crippen LogP contribution in [0, 0.1) is 20.2 Å². The molecule has 2 atom stereocenters. The summed E-state index contributed by atoms with van der Waals surface area (Å²) < 4.78 is 13.0. The fourth-order valence-corrected chi connectivity index (χ4v) is 6.88. The largest absolute Gasteiger partial charge is 0.318 e. The van der Waals surface area contributed by atoms with E-state index in [0.717, 1.165) is 0 Å². The lowest BCUT2D eigenvalue weighted by atomic mass is 9.84. The minimum atomic E-state index is -3.16. The maximum Gasteiger partial charge on any atom is 0.295 e. The molecule has 0 spiro atoms. The molecule has 0 radical (unpaired) electrons. The van der Waals surface area contributed by atoms with Crippen molar-refractivity contribution in [2.24, 2.45) is 0 Å². The first-order valence-corrected chi connectivity index (χ1v) is 8.16. The van der Waals surface area contributed by atoms with Gasteiger partial charge in [0, 0.05) is 29.0 Å². The highest BCUT2D eigenvalue weighted by atomic mass is 31.2. The maximum absolute atomic E-state index is 13.0. The predicted molar refractivity (Wildman–Crippen MR) is 74.2 cm³/mol. The van der Waals surface area contributed by atoms with Crippen molar-refractivity contribution in [2.75, 3.05) is 12.3 Å². The predicted octanol–water partition coefficient (Wildman–Crippen LogP) is 1.76. The number of hydrogen-bond acceptors (Lipinski definition) is 5. The van der Waals surface area contributed by atoms with E-state index in [-0.39, 0.29) is 12.3 Å². The molecule has 1 saturated heterocycles. The summed E-state index contributed by atoms with van der Waals surface area (Å²) in [6.45, 7) is 2.44. The average Bonchev–Trinajstić information content (AvgIpc) is 2.61. The van der Waals surface area contributed by atoms with Gasteiger partial charge in [-0.3, -0.25) is 20.2 Å². The van der Waals surface area contributed by atoms with Crippen molar-refractivity contribution in [1.29, 1.82) is 0 Å². The molecule has 0 saturated carbocycles. The van der Waals surface area contributed by atoms with Crippen molar-refractivity contribution in [1.82, 2.24) is 0 Å². The number of nitro groups is 2. The molecule has 0 N–H and O–H groups in total. The highest BCUT2D eigenvalue weighted by Crippen LogP contribution is 2.60. The van der Waals surface area contributed by atoms with E-state index < -0.39 is 28.1 Å². The van der Waals surface area contributed by atoms with E-state index in [4.69, 9.17) is 0 Å². The Morgan fingerprint density at radius 1 is 1.00 bits per heavy atom. The zero-order chi connectivity index (χ0) is 15.2. The number of rotatable bonds is 3. The van der Waals surface area contributed by atoms with Crippen molar-refractivity contribution >= 4 is 12.4 Å². The maximum atomic E-state index is 13.0. The van der Waals surface area contributed by atoms with Gasteiger partial charge in [-0.05, 0) is 0 Å². The Morgan fingerprint density at radius 2 is 1.40 bits per heavy atom. The summed E-state index contributed by atoms with van der Waals surface area (Å²) in [4.78, 5) is 21.4. The lowest BCUT2D eigenvalue weighted by Crippen LogP contribution is -2.59. The first kappa shape index (κ1) is 14.7. The van der Waals surface area contributed by atoms with Crippen LogP contribution < -0.4 is 5.30 Å². The van der Waals surface area contributed by atoms with Crippen LogP contribution in [-0.4, -0.2) is 33.2 Å². The Morgan fingerprint density at radius 3 is 1.75 bits per heavy atom. The van der Waals surface area contributed by atoms with E-state index >= 15 is 0 Å². The Balaban J connectivity index is 2.57. The van der Waals surface area contributed by atoms with E-state index in [1.807, 2.05) is 0 Å². The Labute approximate surface area is 115 Å². The molecule has 0 aromatic heterocycles. The van der Waals surface area contributed by atoms with Gasteiger partial charge in [0.25, 0.3) is 11.1 Å². The molecule has 1 aromatic carbocycles. The lowest BCUT2D eigenvalue weighted by Gasteiger charge is -2.24. The van der Waals surface area contributed by atoms with Crippen LogP contribution in [-0.2, 0) is 4.57 Å². The highest BCUT2D eigenvalue weighted by molar-refractivity contribution is 7.72. The monoisotopic (exact) mass is 298 g/mol. The Kier molecular flexibility index (Phi) is 3.21. The van der Waals surface area contributed by atoms with Gasteiger partial charge in [0.1, 0.15) is 7.14 Å². The van der Waals surface area contributed by atoms with Gasteiger partial charge in [-0.1, -0.05) is 30.3 Å². The molecule has 0 bridgehead atoms. The van der Waals surface area contributed by atoms with Crippen LogP contribution in [0.1, 0.15) is 13.8 Å². The summed E-state index contributed by atoms with van der Waals surface area (Å²) in [5, 5.41) is 23.2. The number of nitrogens with zero attached hydrogens (tertiary/aromatic N) is 2. The van der Waals surface area contributed by atoms with Gasteiger partial charge in [-0.2, -0.15) is 0 Å². The van der Waals surface area contributed by atoms with Crippen LogP contribution in [0.25, 0.3) is 0 Å². The molecule has 1 fully saturated rings. The van der Waals surface area contributed by atoms with Crippen molar-refractivity contribution < 1.29 is 14.4 Å². The summed E-state index contributed by atoms with van der Waals surface area (Å²) in [6.07, 6.45) is -0.566. The van der Waals surface area contributed by atoms with Crippen LogP contribution in [0.15, 0.2) is 30.3 Å². The second-order valence-corrected chi connectivity index (χ2v) is 8.53. The normalized spacial score (nSPS) is 36.7. The van der Waals surface area contributed by atoms with E-state index in [1.165, 1.54) is 13.8 Å². The van der Waals surface area contributed by atoms with Gasteiger partial charge < -0.3 is 4.57 Å². The molecule has 8 heteroatoms. The first-order chi connectivity index (χ1) is 9.16. The van der Waals surface area contributed by atoms with E-state index in [1.54, 1.807) is 30.3 Å². The number of benzene rings is 1. The third-order valence-electron chi connectivity index (χ3n) is 4.32. The van der Waals surface area contributed by atoms with Gasteiger partial charge in [-0.15, -0.1) is 0 Å². The average molecular weight is 298 g/mol. The first-order valence-electron chi connectivity index (χ1n) is 6.08. The third-order valence-corrected chi connectivity index (χ3v) is 7.81. The van der Waals surface area contributed by atoms with Crippen LogP contribution in [0.3, 0.4) is 0 Å². The van der Waals surface area contributed by atoms with Crippen molar-refractivity contribution in [3.63, 3.8) is 0 Å². The minimum absolute atomic E-state index is 0.283. The van der Waals surface area contributed by atoms with Crippen molar-refractivity contribution in [2.45, 2.75) is 24.9 Å². The zero-order valence-corrected chi connectivity index (χ0v) is 12.1. The summed E-state index contributed by atoms with van der Waals surface area (Å²) >= 11 is 0. The van der Waals surface area contributed by atoms with Crippen LogP contribution in [0.4, 0.5) is 0 Å². The van der Waals surface area contributed by atoms with Gasteiger partial charge in [0.2, 0.25) is 0 Å². The minimum Gasteiger partial charge on any atom is -0.318 e. The second kappa shape index (κ2) is 4.38. The molecule has 0 amide bonds. The Hall–Kier alpha value is -1.75. The molecule has 1 aromatic rings. The van der Waals surface area contributed by atoms with E-state index in [9.17, 15) is 24.8 Å². The van der Waals surface area contributed by atoms with Crippen molar-refractivity contribution in [3.05, 3.63) is 50.6 Å². The standard InChI is InChI=1S/C12H15N2O5P/c1-11(13(15)16)8-20(19,9-12(11,2)14(17)18)10-6-4-3-5-7-10/h3-7H,8-9H2,1-2H3. The molecule has 20 heavy (non-hydrogen) atoms. The van der Waals surface area contributed by atoms with Gasteiger partial charge in [0.15, 0.2) is 0 Å². The third kappa shape index (κ3) is 1.85. The second-order valence-electron chi connectivity index (χ2n) is 5.60. The summed E-state index contributed by atoms with van der Waals surface area (Å²) in [6, 6.07) is 8.34. The van der Waals surface area contributed by atoms with Crippen LogP contribution >= 0.6 is 7.14 Å². The fourth-order valence-electron chi connectivity index (χ4n) is 2.78. The van der Waals surface area contributed by atoms with E-state index in [0.29, 0.717) is 5.30 Å². The quantitative estimate of drug-likeness (QED) is 0.480. The lowest BCUT2D eigenvalue weighted by molar-refractivity contribution is -0.668. The molecule has 108 valence electrons. The summed E-state index contributed by atoms with van der Waals surface area (Å²) in [5.74, 6) is 0. The molecule has 2 rings (SSSR count). The topological polar surface area (TPSA) is 103 Å². The Bertz CT molecular complexity index is 588. The molecule has 2 unspecified atom stereocenters. The SMILES string of the molecule is CC1([N+](=O)[O-])CP(=O)(c2ccccc2)CC1(C)[N+](=O)[O-]. The van der Waals surface area contributed by atoms with Crippen LogP contribution in [0.5, 0.6) is 0 Å². The number of hydrogen-bond donors (Lipinski definition) is 0. The van der Waals surface area contributed by atoms with Gasteiger partial charge >= 0.3 is 0 Å². The molecule has 1 aliphatic rings. The van der Waals surface area contributed by atoms with Gasteiger partial charge in [0.05, 0.1) is 12.3 Å². The van der Waals surface area contributed by atoms with Crippen LogP contribution in [0.2, 0.25) is 0 Å². The summed E-state index contributed by atoms with van der Waals surface area (Å²) in [7, 11) is -3.16. The highest BCUT2D eigenvalue weighted by Gasteiger charge is 2.74. The molecular weight excluding hydrogens is 283 g/mol. The zero-order valence-electron chi connectivity index (χ0n) is 11.2. The molecule has 0 aliphatic carbocycles. The van der Waals surface area contributed by atoms with Gasteiger partial charge in [-0.25, -0.2) is 0 Å². The smallest absolute Gasteiger partial charge is 0.295 e. The molecule has 1 heterocycles. The molecular formula is C12H15N2O5P. The molecule has 1 aliphatic heterocycles. The summed E-state index contributed by atoms with van der Waals surface area (Å²) in [5.41, 5.74) is -3.66. The van der Waals surface area contributed by atoms with E-state index in [2.05, 4.69) is 0 Å².